The van der Waals surface area contributed by atoms with Crippen LogP contribution in [0.4, 0.5) is 18.9 Å². The van der Waals surface area contributed by atoms with Crippen molar-refractivity contribution in [3.05, 3.63) is 76.1 Å². The van der Waals surface area contributed by atoms with Gasteiger partial charge in [-0.15, -0.1) is 5.10 Å². The summed E-state index contributed by atoms with van der Waals surface area (Å²) in [4.78, 5) is 13.1. The van der Waals surface area contributed by atoms with E-state index in [-0.39, 0.29) is 5.69 Å². The summed E-state index contributed by atoms with van der Waals surface area (Å²) in [5, 5.41) is 5.37. The van der Waals surface area contributed by atoms with E-state index in [0.29, 0.717) is 28.1 Å². The Labute approximate surface area is 184 Å². The van der Waals surface area contributed by atoms with Gasteiger partial charge in [0.1, 0.15) is 5.15 Å². The highest BCUT2D eigenvalue weighted by Gasteiger charge is 2.30. The predicted molar refractivity (Wildman–Crippen MR) is 113 cm³/mol. The van der Waals surface area contributed by atoms with Gasteiger partial charge < -0.3 is 4.57 Å². The molecule has 0 aliphatic rings. The second kappa shape index (κ2) is 8.35. The van der Waals surface area contributed by atoms with Gasteiger partial charge in [0.2, 0.25) is 10.9 Å². The summed E-state index contributed by atoms with van der Waals surface area (Å²) in [7, 11) is 0. The molecule has 3 heterocycles. The minimum absolute atomic E-state index is 0.177. The topological polar surface area (TPSA) is 60.4 Å². The molecule has 160 valence electrons. The normalized spacial score (nSPS) is 12.6. The third kappa shape index (κ3) is 4.59. The molecule has 0 radical (unpaired) electrons. The molecule has 0 spiro atoms. The predicted octanol–water partition coefficient (Wildman–Crippen LogP) is 4.91. The van der Waals surface area contributed by atoms with Crippen molar-refractivity contribution < 1.29 is 13.2 Å². The molecule has 0 amide bonds. The quantitative estimate of drug-likeness (QED) is 0.318. The van der Waals surface area contributed by atoms with Gasteiger partial charge in [-0.3, -0.25) is 0 Å². The average molecular weight is 465 g/mol. The Hall–Kier alpha value is -2.85. The number of halogens is 4. The maximum absolute atomic E-state index is 13.1. The minimum Gasteiger partial charge on any atom is -0.310 e. The zero-order valence-electron chi connectivity index (χ0n) is 16.4. The molecular formula is C20H16ClF3N6S. The van der Waals surface area contributed by atoms with Crippen molar-refractivity contribution in [1.29, 1.82) is 0 Å². The molecule has 0 fully saturated rings. The smallest absolute Gasteiger partial charge is 0.310 e. The highest BCUT2D eigenvalue weighted by molar-refractivity contribution is 7.98. The molecule has 0 aliphatic heterocycles. The molecule has 4 aromatic rings. The summed E-state index contributed by atoms with van der Waals surface area (Å²) in [6, 6.07) is 10.2. The SMILES string of the molecule is CSc1nc2n(Cc3ccc(Cl)nc3)c(C)cc(=Nc3cccc(C(F)(F)F)c3)n2n1. The molecule has 0 saturated heterocycles. The lowest BCUT2D eigenvalue weighted by Gasteiger charge is -2.12. The van der Waals surface area contributed by atoms with Crippen LogP contribution in [-0.4, -0.2) is 30.4 Å². The number of aryl methyl sites for hydroxylation is 1. The number of hydrogen-bond acceptors (Lipinski definition) is 5. The van der Waals surface area contributed by atoms with E-state index in [4.69, 9.17) is 11.6 Å². The molecule has 0 aliphatic carbocycles. The van der Waals surface area contributed by atoms with E-state index in [1.54, 1.807) is 18.3 Å². The molecule has 0 bridgehead atoms. The van der Waals surface area contributed by atoms with Crippen molar-refractivity contribution >= 4 is 34.8 Å². The summed E-state index contributed by atoms with van der Waals surface area (Å²) in [6.07, 6.45) is -0.918. The second-order valence-corrected chi connectivity index (χ2v) is 7.85. The number of nitrogens with zero attached hydrogens (tertiary/aromatic N) is 6. The fraction of sp³-hybridized carbons (Fsp3) is 0.200. The Morgan fingerprint density at radius 1 is 1.16 bits per heavy atom. The van der Waals surface area contributed by atoms with Gasteiger partial charge in [0.15, 0.2) is 5.49 Å². The molecule has 1 aromatic carbocycles. The van der Waals surface area contributed by atoms with Crippen LogP contribution in [0.3, 0.4) is 0 Å². The first-order chi connectivity index (χ1) is 14.7. The van der Waals surface area contributed by atoms with Crippen LogP contribution < -0.4 is 5.49 Å². The first kappa shape index (κ1) is 21.4. The fourth-order valence-corrected chi connectivity index (χ4v) is 3.47. The van der Waals surface area contributed by atoms with Gasteiger partial charge in [-0.1, -0.05) is 35.5 Å². The van der Waals surface area contributed by atoms with Crippen molar-refractivity contribution in [2.24, 2.45) is 4.99 Å². The number of thioether (sulfide) groups is 1. The van der Waals surface area contributed by atoms with Crippen LogP contribution in [0, 0.1) is 6.92 Å². The number of fused-ring (bicyclic) bond motifs is 1. The third-order valence-corrected chi connectivity index (χ3v) is 5.28. The van der Waals surface area contributed by atoms with Crippen molar-refractivity contribution in [2.75, 3.05) is 6.26 Å². The van der Waals surface area contributed by atoms with Crippen molar-refractivity contribution in [1.82, 2.24) is 24.1 Å². The average Bonchev–Trinajstić information content (AvgIpc) is 3.17. The highest BCUT2D eigenvalue weighted by atomic mass is 35.5. The second-order valence-electron chi connectivity index (χ2n) is 6.69. The maximum Gasteiger partial charge on any atom is 0.416 e. The van der Waals surface area contributed by atoms with Crippen molar-refractivity contribution in [3.8, 4) is 0 Å². The first-order valence-electron chi connectivity index (χ1n) is 9.08. The standard InChI is InChI=1S/C20H16ClF3N6S/c1-12-8-17(26-15-5-3-4-14(9-15)20(22,23)24)30-19(27-18(28-30)31-2)29(12)11-13-6-7-16(21)25-10-13/h3-10H,11H2,1-2H3. The summed E-state index contributed by atoms with van der Waals surface area (Å²) in [5.41, 5.74) is 1.52. The van der Waals surface area contributed by atoms with Crippen LogP contribution in [0.5, 0.6) is 0 Å². The van der Waals surface area contributed by atoms with Gasteiger partial charge in [0, 0.05) is 18.0 Å². The summed E-state index contributed by atoms with van der Waals surface area (Å²) in [6.45, 7) is 2.35. The Balaban J connectivity index is 1.87. The van der Waals surface area contributed by atoms with Crippen LogP contribution in [0.15, 0.2) is 58.8 Å². The van der Waals surface area contributed by atoms with Gasteiger partial charge in [0.05, 0.1) is 17.8 Å². The molecule has 0 N–H and O–H groups in total. The summed E-state index contributed by atoms with van der Waals surface area (Å²) in [5.74, 6) is 0.519. The lowest BCUT2D eigenvalue weighted by molar-refractivity contribution is -0.137. The monoisotopic (exact) mass is 464 g/mol. The van der Waals surface area contributed by atoms with Gasteiger partial charge >= 0.3 is 6.18 Å². The molecule has 6 nitrogen and oxygen atoms in total. The van der Waals surface area contributed by atoms with Crippen LogP contribution in [-0.2, 0) is 12.7 Å². The Morgan fingerprint density at radius 3 is 2.65 bits per heavy atom. The summed E-state index contributed by atoms with van der Waals surface area (Å²) < 4.78 is 42.7. The lowest BCUT2D eigenvalue weighted by atomic mass is 10.2. The van der Waals surface area contributed by atoms with Crippen LogP contribution in [0.2, 0.25) is 5.15 Å². The third-order valence-electron chi connectivity index (χ3n) is 4.52. The Morgan fingerprint density at radius 2 is 1.97 bits per heavy atom. The van der Waals surface area contributed by atoms with Gasteiger partial charge in [0.25, 0.3) is 0 Å². The largest absolute Gasteiger partial charge is 0.416 e. The molecule has 3 aromatic heterocycles. The Kier molecular flexibility index (Phi) is 5.76. The van der Waals surface area contributed by atoms with Crippen molar-refractivity contribution in [2.45, 2.75) is 24.8 Å². The van der Waals surface area contributed by atoms with Gasteiger partial charge in [-0.2, -0.15) is 22.7 Å². The van der Waals surface area contributed by atoms with Crippen LogP contribution in [0.25, 0.3) is 5.78 Å². The van der Waals surface area contributed by atoms with Gasteiger partial charge in [-0.25, -0.2) is 9.98 Å². The maximum atomic E-state index is 13.1. The van der Waals surface area contributed by atoms with E-state index < -0.39 is 11.7 Å². The molecule has 0 atom stereocenters. The molecular weight excluding hydrogens is 449 g/mol. The number of pyridine rings is 1. The first-order valence-corrected chi connectivity index (χ1v) is 10.7. The lowest BCUT2D eigenvalue weighted by Crippen LogP contribution is -2.22. The molecule has 4 rings (SSSR count). The zero-order chi connectivity index (χ0) is 22.2. The highest BCUT2D eigenvalue weighted by Crippen LogP contribution is 2.31. The molecule has 0 saturated carbocycles. The molecule has 0 unspecified atom stereocenters. The van der Waals surface area contributed by atoms with Crippen LogP contribution in [0.1, 0.15) is 16.8 Å². The summed E-state index contributed by atoms with van der Waals surface area (Å²) >= 11 is 7.23. The van der Waals surface area contributed by atoms with Crippen molar-refractivity contribution in [3.63, 3.8) is 0 Å². The number of benzene rings is 1. The van der Waals surface area contributed by atoms with E-state index in [1.165, 1.54) is 28.4 Å². The Bertz CT molecular complexity index is 1310. The van der Waals surface area contributed by atoms with E-state index in [2.05, 4.69) is 20.1 Å². The zero-order valence-corrected chi connectivity index (χ0v) is 18.0. The fourth-order valence-electron chi connectivity index (χ4n) is 3.03. The molecule has 11 heteroatoms. The van der Waals surface area contributed by atoms with E-state index in [9.17, 15) is 13.2 Å². The molecule has 31 heavy (non-hydrogen) atoms. The number of hydrogen-bond donors (Lipinski definition) is 0. The van der Waals surface area contributed by atoms with Crippen LogP contribution >= 0.6 is 23.4 Å². The van der Waals surface area contributed by atoms with E-state index in [0.717, 1.165) is 23.4 Å². The number of aromatic nitrogens is 5. The minimum atomic E-state index is -4.44. The number of rotatable bonds is 4. The van der Waals surface area contributed by atoms with Gasteiger partial charge in [-0.05, 0) is 43.0 Å². The number of alkyl halides is 3. The van der Waals surface area contributed by atoms with E-state index >= 15 is 0 Å². The van der Waals surface area contributed by atoms with E-state index in [1.807, 2.05) is 23.8 Å².